The number of aryl methyl sites for hydroxylation is 2. The molecule has 0 amide bonds. The van der Waals surface area contributed by atoms with E-state index in [0.29, 0.717) is 5.69 Å². The van der Waals surface area contributed by atoms with Crippen LogP contribution >= 0.6 is 0 Å². The number of nitrogens with zero attached hydrogens (tertiary/aromatic N) is 3. The van der Waals surface area contributed by atoms with E-state index in [1.807, 2.05) is 30.8 Å². The Bertz CT molecular complexity index is 459. The number of nitrogen functional groups attached to an aromatic ring is 1. The van der Waals surface area contributed by atoms with E-state index in [-0.39, 0.29) is 0 Å². The van der Waals surface area contributed by atoms with Gasteiger partial charge in [-0.1, -0.05) is 0 Å². The highest BCUT2D eigenvalue weighted by atomic mass is 15.0. The van der Waals surface area contributed by atoms with Crippen molar-refractivity contribution in [3.05, 3.63) is 30.2 Å². The molecule has 0 unspecified atom stereocenters. The Kier molecular flexibility index (Phi) is 1.96. The zero-order chi connectivity index (χ0) is 10.1. The first-order chi connectivity index (χ1) is 6.68. The molecule has 72 valence electrons. The van der Waals surface area contributed by atoms with E-state index in [9.17, 15) is 0 Å². The zero-order valence-electron chi connectivity index (χ0n) is 8.23. The summed E-state index contributed by atoms with van der Waals surface area (Å²) in [7, 11) is 1.94. The number of rotatable bonds is 1. The maximum atomic E-state index is 5.63. The number of nitrogens with two attached hydrogens (primary N) is 1. The Morgan fingerprint density at radius 3 is 2.71 bits per heavy atom. The molecular weight excluding hydrogens is 176 g/mol. The van der Waals surface area contributed by atoms with Gasteiger partial charge in [0.05, 0.1) is 11.9 Å². The van der Waals surface area contributed by atoms with Crippen LogP contribution in [0.1, 0.15) is 5.56 Å². The van der Waals surface area contributed by atoms with Crippen molar-refractivity contribution in [1.29, 1.82) is 0 Å². The highest BCUT2D eigenvalue weighted by Gasteiger charge is 2.07. The first-order valence-corrected chi connectivity index (χ1v) is 4.38. The number of hydrogen-bond acceptors (Lipinski definition) is 3. The Balaban J connectivity index is 2.58. The van der Waals surface area contributed by atoms with Crippen molar-refractivity contribution in [2.24, 2.45) is 7.05 Å². The van der Waals surface area contributed by atoms with E-state index >= 15 is 0 Å². The molecule has 0 aliphatic heterocycles. The van der Waals surface area contributed by atoms with Crippen LogP contribution in [-0.4, -0.2) is 14.5 Å². The lowest BCUT2D eigenvalue weighted by Gasteiger charge is -2.05. The lowest BCUT2D eigenvalue weighted by atomic mass is 10.2. The third kappa shape index (κ3) is 1.35. The second-order valence-corrected chi connectivity index (χ2v) is 3.30. The molecule has 0 atom stereocenters. The van der Waals surface area contributed by atoms with Crippen molar-refractivity contribution in [2.75, 3.05) is 5.73 Å². The smallest absolute Gasteiger partial charge is 0.158 e. The maximum Gasteiger partial charge on any atom is 0.158 e. The van der Waals surface area contributed by atoms with Gasteiger partial charge < -0.3 is 10.3 Å². The second-order valence-electron chi connectivity index (χ2n) is 3.30. The molecule has 2 aromatic rings. The fourth-order valence-corrected chi connectivity index (χ4v) is 1.42. The predicted molar refractivity (Wildman–Crippen MR) is 55.6 cm³/mol. The van der Waals surface area contributed by atoms with Gasteiger partial charge in [0.2, 0.25) is 0 Å². The summed E-state index contributed by atoms with van der Waals surface area (Å²) in [4.78, 5) is 8.51. The van der Waals surface area contributed by atoms with Crippen LogP contribution in [0, 0.1) is 6.92 Å². The van der Waals surface area contributed by atoms with Gasteiger partial charge in [-0.3, -0.25) is 4.98 Å². The average molecular weight is 188 g/mol. The molecule has 0 aliphatic carbocycles. The highest BCUT2D eigenvalue weighted by Crippen LogP contribution is 2.19. The van der Waals surface area contributed by atoms with Crippen LogP contribution in [0.3, 0.4) is 0 Å². The Labute approximate surface area is 82.4 Å². The molecular formula is C10H12N4. The van der Waals surface area contributed by atoms with Gasteiger partial charge in [0.25, 0.3) is 0 Å². The normalized spacial score (nSPS) is 10.4. The topological polar surface area (TPSA) is 56.7 Å². The molecule has 0 spiro atoms. The molecule has 0 saturated carbocycles. The largest absolute Gasteiger partial charge is 0.397 e. The van der Waals surface area contributed by atoms with Gasteiger partial charge in [0, 0.05) is 19.4 Å². The molecule has 14 heavy (non-hydrogen) atoms. The van der Waals surface area contributed by atoms with E-state index in [1.54, 1.807) is 12.4 Å². The Morgan fingerprint density at radius 2 is 2.14 bits per heavy atom. The molecule has 0 radical (unpaired) electrons. The number of hydrogen-bond donors (Lipinski definition) is 1. The summed E-state index contributed by atoms with van der Waals surface area (Å²) in [6, 6.07) is 1.90. The summed E-state index contributed by atoms with van der Waals surface area (Å²) in [6.45, 7) is 1.98. The van der Waals surface area contributed by atoms with Crippen molar-refractivity contribution in [3.63, 3.8) is 0 Å². The van der Waals surface area contributed by atoms with Gasteiger partial charge in [0.1, 0.15) is 5.69 Å². The first kappa shape index (κ1) is 8.74. The van der Waals surface area contributed by atoms with Crippen molar-refractivity contribution in [3.8, 4) is 11.5 Å². The van der Waals surface area contributed by atoms with Gasteiger partial charge in [0.15, 0.2) is 5.82 Å². The van der Waals surface area contributed by atoms with Crippen LogP contribution in [0.2, 0.25) is 0 Å². The summed E-state index contributed by atoms with van der Waals surface area (Å²) in [5, 5.41) is 0. The van der Waals surface area contributed by atoms with Gasteiger partial charge in [-0.15, -0.1) is 0 Å². The fraction of sp³-hybridized carbons (Fsp3) is 0.200. The molecule has 0 aliphatic rings. The van der Waals surface area contributed by atoms with E-state index in [2.05, 4.69) is 9.97 Å². The Morgan fingerprint density at radius 1 is 1.36 bits per heavy atom. The van der Waals surface area contributed by atoms with E-state index < -0.39 is 0 Å². The van der Waals surface area contributed by atoms with Gasteiger partial charge >= 0.3 is 0 Å². The third-order valence-corrected chi connectivity index (χ3v) is 2.13. The summed E-state index contributed by atoms with van der Waals surface area (Å²) in [5.41, 5.74) is 8.23. The zero-order valence-corrected chi connectivity index (χ0v) is 8.23. The molecule has 2 heterocycles. The Hall–Kier alpha value is -1.84. The summed E-state index contributed by atoms with van der Waals surface area (Å²) in [6.07, 6.45) is 5.30. The number of aromatic nitrogens is 3. The van der Waals surface area contributed by atoms with Crippen LogP contribution in [-0.2, 0) is 7.05 Å². The third-order valence-electron chi connectivity index (χ3n) is 2.13. The predicted octanol–water partition coefficient (Wildman–Crippen LogP) is 1.37. The molecule has 4 heteroatoms. The molecule has 0 fully saturated rings. The summed E-state index contributed by atoms with van der Waals surface area (Å²) in [5.74, 6) is 0.863. The molecule has 0 bridgehead atoms. The molecule has 2 aromatic heterocycles. The number of imidazole rings is 1. The second kappa shape index (κ2) is 3.14. The van der Waals surface area contributed by atoms with Gasteiger partial charge in [-0.25, -0.2) is 4.98 Å². The number of anilines is 1. The standard InChI is InChI=1S/C10H12N4/c1-7-5-8(11)6-13-9(7)10-12-3-4-14(10)2/h3-6H,11H2,1-2H3. The lowest BCUT2D eigenvalue weighted by molar-refractivity contribution is 0.915. The maximum absolute atomic E-state index is 5.63. The van der Waals surface area contributed by atoms with Crippen molar-refractivity contribution < 1.29 is 0 Å². The van der Waals surface area contributed by atoms with Gasteiger partial charge in [-0.05, 0) is 18.6 Å². The van der Waals surface area contributed by atoms with Crippen molar-refractivity contribution in [2.45, 2.75) is 6.92 Å². The summed E-state index contributed by atoms with van der Waals surface area (Å²) >= 11 is 0. The minimum atomic E-state index is 0.681. The minimum Gasteiger partial charge on any atom is -0.397 e. The molecule has 4 nitrogen and oxygen atoms in total. The molecule has 0 saturated heterocycles. The quantitative estimate of drug-likeness (QED) is 0.735. The monoisotopic (exact) mass is 188 g/mol. The molecule has 2 N–H and O–H groups in total. The van der Waals surface area contributed by atoms with Crippen LogP contribution in [0.15, 0.2) is 24.7 Å². The van der Waals surface area contributed by atoms with E-state index in [0.717, 1.165) is 17.1 Å². The van der Waals surface area contributed by atoms with E-state index in [1.165, 1.54) is 0 Å². The average Bonchev–Trinajstić information content (AvgIpc) is 2.52. The van der Waals surface area contributed by atoms with E-state index in [4.69, 9.17) is 5.73 Å². The van der Waals surface area contributed by atoms with Crippen LogP contribution in [0.5, 0.6) is 0 Å². The van der Waals surface area contributed by atoms with Crippen LogP contribution in [0.4, 0.5) is 5.69 Å². The minimum absolute atomic E-state index is 0.681. The van der Waals surface area contributed by atoms with Crippen LogP contribution in [0.25, 0.3) is 11.5 Å². The van der Waals surface area contributed by atoms with Crippen molar-refractivity contribution in [1.82, 2.24) is 14.5 Å². The highest BCUT2D eigenvalue weighted by molar-refractivity contribution is 5.58. The fourth-order valence-electron chi connectivity index (χ4n) is 1.42. The summed E-state index contributed by atoms with van der Waals surface area (Å²) < 4.78 is 1.94. The SMILES string of the molecule is Cc1cc(N)cnc1-c1nccn1C. The number of pyridine rings is 1. The first-order valence-electron chi connectivity index (χ1n) is 4.38. The molecule has 2 rings (SSSR count). The molecule has 0 aromatic carbocycles. The van der Waals surface area contributed by atoms with Crippen molar-refractivity contribution >= 4 is 5.69 Å². The van der Waals surface area contributed by atoms with Gasteiger partial charge in [-0.2, -0.15) is 0 Å². The van der Waals surface area contributed by atoms with Crippen LogP contribution < -0.4 is 5.73 Å². The lowest BCUT2D eigenvalue weighted by Crippen LogP contribution is -1.97.